The van der Waals surface area contributed by atoms with E-state index in [0.717, 1.165) is 5.56 Å². The van der Waals surface area contributed by atoms with Gasteiger partial charge in [-0.05, 0) is 18.1 Å². The molecule has 4 nitrogen and oxygen atoms in total. The summed E-state index contributed by atoms with van der Waals surface area (Å²) in [6, 6.07) is 20.4. The molecule has 0 aliphatic carbocycles. The zero-order valence-electron chi connectivity index (χ0n) is 12.1. The van der Waals surface area contributed by atoms with Crippen LogP contribution in [0.15, 0.2) is 65.8 Å². The molecule has 2 atom stereocenters. The van der Waals surface area contributed by atoms with Crippen LogP contribution >= 0.6 is 0 Å². The summed E-state index contributed by atoms with van der Waals surface area (Å²) in [5.41, 5.74) is 8.01. The highest BCUT2D eigenvalue weighted by molar-refractivity contribution is 5.80. The lowest BCUT2D eigenvalue weighted by Gasteiger charge is -2.24. The van der Waals surface area contributed by atoms with Gasteiger partial charge in [-0.1, -0.05) is 65.8 Å². The minimum Gasteiger partial charge on any atom is -0.409 e. The molecule has 2 rings (SSSR count). The molecule has 0 aliphatic heterocycles. The van der Waals surface area contributed by atoms with Crippen LogP contribution < -0.4 is 11.1 Å². The fourth-order valence-corrected chi connectivity index (χ4v) is 2.35. The van der Waals surface area contributed by atoms with E-state index in [1.54, 1.807) is 0 Å². The number of nitrogens with one attached hydrogen (secondary N) is 1. The van der Waals surface area contributed by atoms with Gasteiger partial charge in [0.05, 0.1) is 0 Å². The summed E-state index contributed by atoms with van der Waals surface area (Å²) in [6.07, 6.45) is 0.456. The predicted octanol–water partition coefficient (Wildman–Crippen LogP) is 3.22. The second-order valence-electron chi connectivity index (χ2n) is 5.06. The van der Waals surface area contributed by atoms with Crippen molar-refractivity contribution in [3.8, 4) is 0 Å². The Kier molecular flexibility index (Phi) is 5.35. The molecule has 0 aliphatic rings. The van der Waals surface area contributed by atoms with E-state index in [1.807, 2.05) is 48.5 Å². The van der Waals surface area contributed by atoms with Crippen molar-refractivity contribution in [2.24, 2.45) is 10.9 Å². The first kappa shape index (κ1) is 15.1. The van der Waals surface area contributed by atoms with Crippen LogP contribution in [0.1, 0.15) is 36.6 Å². The van der Waals surface area contributed by atoms with E-state index in [4.69, 9.17) is 10.9 Å². The molecule has 21 heavy (non-hydrogen) atoms. The maximum absolute atomic E-state index is 8.82. The van der Waals surface area contributed by atoms with Gasteiger partial charge in [0.2, 0.25) is 0 Å². The van der Waals surface area contributed by atoms with E-state index >= 15 is 0 Å². The van der Waals surface area contributed by atoms with Crippen molar-refractivity contribution in [3.63, 3.8) is 0 Å². The molecule has 0 aromatic heterocycles. The standard InChI is InChI=1S/C17H21N3O/c1-13(14-8-4-2-5-9-14)19-16(12-17(18)20-21)15-10-6-3-7-11-15/h2-11,13,16,19,21H,12H2,1H3,(H2,18,20)/t13-,16?/m0/s1. The number of hydrogen-bond acceptors (Lipinski definition) is 3. The Balaban J connectivity index is 2.16. The van der Waals surface area contributed by atoms with Gasteiger partial charge in [0.25, 0.3) is 0 Å². The van der Waals surface area contributed by atoms with Gasteiger partial charge in [-0.2, -0.15) is 0 Å². The number of nitrogens with zero attached hydrogens (tertiary/aromatic N) is 1. The molecule has 0 saturated carbocycles. The van der Waals surface area contributed by atoms with Gasteiger partial charge < -0.3 is 16.3 Å². The number of oxime groups is 1. The second-order valence-corrected chi connectivity index (χ2v) is 5.06. The number of nitrogens with two attached hydrogens (primary N) is 1. The van der Waals surface area contributed by atoms with E-state index < -0.39 is 0 Å². The fraction of sp³-hybridized carbons (Fsp3) is 0.235. The average molecular weight is 283 g/mol. The lowest BCUT2D eigenvalue weighted by Crippen LogP contribution is -2.29. The van der Waals surface area contributed by atoms with Crippen molar-refractivity contribution in [1.82, 2.24) is 5.32 Å². The topological polar surface area (TPSA) is 70.6 Å². The first-order chi connectivity index (χ1) is 10.2. The Morgan fingerprint density at radius 1 is 1.05 bits per heavy atom. The van der Waals surface area contributed by atoms with Crippen LogP contribution in [0.2, 0.25) is 0 Å². The van der Waals surface area contributed by atoms with Crippen LogP contribution in [0.3, 0.4) is 0 Å². The highest BCUT2D eigenvalue weighted by Gasteiger charge is 2.16. The Hall–Kier alpha value is -2.33. The van der Waals surface area contributed by atoms with Gasteiger partial charge in [-0.3, -0.25) is 0 Å². The maximum atomic E-state index is 8.82. The van der Waals surface area contributed by atoms with Gasteiger partial charge in [0.15, 0.2) is 0 Å². The summed E-state index contributed by atoms with van der Waals surface area (Å²) in [7, 11) is 0. The molecule has 0 fully saturated rings. The first-order valence-corrected chi connectivity index (χ1v) is 7.03. The average Bonchev–Trinajstić information content (AvgIpc) is 2.55. The molecular weight excluding hydrogens is 262 g/mol. The molecule has 2 aromatic carbocycles. The maximum Gasteiger partial charge on any atom is 0.141 e. The Bertz CT molecular complexity index is 569. The Morgan fingerprint density at radius 2 is 1.57 bits per heavy atom. The lowest BCUT2D eigenvalue weighted by atomic mass is 10.0. The highest BCUT2D eigenvalue weighted by Crippen LogP contribution is 2.22. The number of amidine groups is 1. The van der Waals surface area contributed by atoms with Crippen molar-refractivity contribution in [2.75, 3.05) is 0 Å². The monoisotopic (exact) mass is 283 g/mol. The van der Waals surface area contributed by atoms with Gasteiger partial charge in [0, 0.05) is 18.5 Å². The van der Waals surface area contributed by atoms with Crippen LogP contribution in [0.4, 0.5) is 0 Å². The summed E-state index contributed by atoms with van der Waals surface area (Å²) in [5.74, 6) is 0.219. The van der Waals surface area contributed by atoms with Crippen molar-refractivity contribution in [1.29, 1.82) is 0 Å². The van der Waals surface area contributed by atoms with Gasteiger partial charge in [-0.15, -0.1) is 0 Å². The number of benzene rings is 2. The van der Waals surface area contributed by atoms with Gasteiger partial charge >= 0.3 is 0 Å². The normalized spacial score (nSPS) is 14.6. The largest absolute Gasteiger partial charge is 0.409 e. The van der Waals surface area contributed by atoms with Crippen molar-refractivity contribution in [3.05, 3.63) is 71.8 Å². The quantitative estimate of drug-likeness (QED) is 0.330. The van der Waals surface area contributed by atoms with Crippen LogP contribution in [0.5, 0.6) is 0 Å². The van der Waals surface area contributed by atoms with E-state index in [-0.39, 0.29) is 17.9 Å². The van der Waals surface area contributed by atoms with Crippen molar-refractivity contribution >= 4 is 5.84 Å². The Morgan fingerprint density at radius 3 is 2.10 bits per heavy atom. The van der Waals surface area contributed by atoms with Crippen LogP contribution in [0, 0.1) is 0 Å². The lowest BCUT2D eigenvalue weighted by molar-refractivity contribution is 0.315. The van der Waals surface area contributed by atoms with Crippen LogP contribution in [-0.2, 0) is 0 Å². The zero-order chi connectivity index (χ0) is 15.1. The number of rotatable bonds is 6. The van der Waals surface area contributed by atoms with Crippen molar-refractivity contribution in [2.45, 2.75) is 25.4 Å². The smallest absolute Gasteiger partial charge is 0.141 e. The van der Waals surface area contributed by atoms with E-state index in [0.29, 0.717) is 6.42 Å². The molecule has 0 saturated heterocycles. The molecule has 0 bridgehead atoms. The van der Waals surface area contributed by atoms with Crippen LogP contribution in [-0.4, -0.2) is 11.0 Å². The zero-order valence-corrected chi connectivity index (χ0v) is 12.1. The summed E-state index contributed by atoms with van der Waals surface area (Å²) in [5, 5.41) is 15.4. The third kappa shape index (κ3) is 4.33. The third-order valence-corrected chi connectivity index (χ3v) is 3.49. The minimum atomic E-state index is -0.00249. The summed E-state index contributed by atoms with van der Waals surface area (Å²) < 4.78 is 0. The van der Waals surface area contributed by atoms with E-state index in [2.05, 4.69) is 29.5 Å². The third-order valence-electron chi connectivity index (χ3n) is 3.49. The summed E-state index contributed by atoms with van der Waals surface area (Å²) in [6.45, 7) is 2.11. The molecule has 110 valence electrons. The Labute approximate surface area is 125 Å². The molecule has 0 spiro atoms. The molecule has 1 unspecified atom stereocenters. The first-order valence-electron chi connectivity index (χ1n) is 7.03. The highest BCUT2D eigenvalue weighted by atomic mass is 16.4. The molecular formula is C17H21N3O. The van der Waals surface area contributed by atoms with E-state index in [1.165, 1.54) is 5.56 Å². The second kappa shape index (κ2) is 7.45. The molecule has 2 aromatic rings. The molecule has 4 heteroatoms. The van der Waals surface area contributed by atoms with Gasteiger partial charge in [-0.25, -0.2) is 0 Å². The summed E-state index contributed by atoms with van der Waals surface area (Å²) >= 11 is 0. The number of hydrogen-bond donors (Lipinski definition) is 3. The summed E-state index contributed by atoms with van der Waals surface area (Å²) in [4.78, 5) is 0. The van der Waals surface area contributed by atoms with Gasteiger partial charge in [0.1, 0.15) is 5.84 Å². The predicted molar refractivity (Wildman–Crippen MR) is 85.2 cm³/mol. The molecule has 0 heterocycles. The fourth-order valence-electron chi connectivity index (χ4n) is 2.35. The molecule has 0 radical (unpaired) electrons. The van der Waals surface area contributed by atoms with Crippen molar-refractivity contribution < 1.29 is 5.21 Å². The molecule has 4 N–H and O–H groups in total. The SMILES string of the molecule is C[C@H](NC(CC(N)=NO)c1ccccc1)c1ccccc1. The minimum absolute atomic E-state index is 0.00249. The molecule has 0 amide bonds. The van der Waals surface area contributed by atoms with Crippen LogP contribution in [0.25, 0.3) is 0 Å². The van der Waals surface area contributed by atoms with E-state index in [9.17, 15) is 0 Å².